The number of aryl methyl sites for hydroxylation is 1. The summed E-state index contributed by atoms with van der Waals surface area (Å²) in [7, 11) is 0. The lowest BCUT2D eigenvalue weighted by Gasteiger charge is -2.06. The first-order valence-electron chi connectivity index (χ1n) is 7.60. The van der Waals surface area contributed by atoms with Gasteiger partial charge in [-0.05, 0) is 19.8 Å². The lowest BCUT2D eigenvalue weighted by Crippen LogP contribution is -2.07. The molecule has 0 fully saturated rings. The van der Waals surface area contributed by atoms with Crippen molar-refractivity contribution in [2.45, 2.75) is 39.5 Å². The van der Waals surface area contributed by atoms with E-state index in [2.05, 4.69) is 6.92 Å². The van der Waals surface area contributed by atoms with E-state index in [0.717, 1.165) is 36.8 Å². The van der Waals surface area contributed by atoms with Gasteiger partial charge in [-0.25, -0.2) is 4.79 Å². The van der Waals surface area contributed by atoms with Crippen LogP contribution in [0.5, 0.6) is 0 Å². The van der Waals surface area contributed by atoms with Crippen LogP contribution in [0.2, 0.25) is 0 Å². The number of furan rings is 1. The summed E-state index contributed by atoms with van der Waals surface area (Å²) in [6, 6.07) is 9.69. The molecule has 0 saturated heterocycles. The lowest BCUT2D eigenvalue weighted by molar-refractivity contribution is 0.0525. The van der Waals surface area contributed by atoms with E-state index in [-0.39, 0.29) is 5.97 Å². The number of esters is 1. The first-order chi connectivity index (χ1) is 10.3. The highest BCUT2D eigenvalue weighted by Crippen LogP contribution is 2.30. The average Bonchev–Trinajstić information content (AvgIpc) is 2.93. The molecule has 0 N–H and O–H groups in total. The van der Waals surface area contributed by atoms with Gasteiger partial charge in [-0.3, -0.25) is 0 Å². The van der Waals surface area contributed by atoms with E-state index in [9.17, 15) is 4.79 Å². The van der Waals surface area contributed by atoms with Crippen LogP contribution in [0.4, 0.5) is 0 Å². The van der Waals surface area contributed by atoms with Crippen molar-refractivity contribution >= 4 is 5.97 Å². The quantitative estimate of drug-likeness (QED) is 0.539. The van der Waals surface area contributed by atoms with Crippen molar-refractivity contribution in [3.8, 4) is 11.3 Å². The summed E-state index contributed by atoms with van der Waals surface area (Å²) in [5, 5.41) is 0. The number of hydrogen-bond acceptors (Lipinski definition) is 3. The van der Waals surface area contributed by atoms with E-state index < -0.39 is 0 Å². The molecule has 21 heavy (non-hydrogen) atoms. The zero-order chi connectivity index (χ0) is 15.1. The molecule has 3 nitrogen and oxygen atoms in total. The molecule has 0 radical (unpaired) electrons. The van der Waals surface area contributed by atoms with Crippen molar-refractivity contribution in [3.63, 3.8) is 0 Å². The van der Waals surface area contributed by atoms with E-state index in [0.29, 0.717) is 17.9 Å². The Bertz CT molecular complexity index is 569. The van der Waals surface area contributed by atoms with Crippen molar-refractivity contribution < 1.29 is 13.9 Å². The van der Waals surface area contributed by atoms with Crippen LogP contribution in [0.3, 0.4) is 0 Å². The van der Waals surface area contributed by atoms with Crippen LogP contribution < -0.4 is 0 Å². The van der Waals surface area contributed by atoms with Crippen LogP contribution in [-0.2, 0) is 11.2 Å². The van der Waals surface area contributed by atoms with Crippen molar-refractivity contribution in [1.29, 1.82) is 0 Å². The van der Waals surface area contributed by atoms with E-state index in [4.69, 9.17) is 9.15 Å². The predicted octanol–water partition coefficient (Wildman–Crippen LogP) is 4.86. The highest BCUT2D eigenvalue weighted by Gasteiger charge is 2.22. The Morgan fingerprint density at radius 1 is 1.14 bits per heavy atom. The van der Waals surface area contributed by atoms with Gasteiger partial charge in [0, 0.05) is 11.1 Å². The third-order valence-corrected chi connectivity index (χ3v) is 3.43. The Morgan fingerprint density at radius 3 is 2.57 bits per heavy atom. The van der Waals surface area contributed by atoms with Gasteiger partial charge >= 0.3 is 5.97 Å². The van der Waals surface area contributed by atoms with E-state index in [1.807, 2.05) is 37.3 Å². The molecule has 3 heteroatoms. The smallest absolute Gasteiger partial charge is 0.342 e. The van der Waals surface area contributed by atoms with Crippen molar-refractivity contribution in [2.75, 3.05) is 6.61 Å². The Labute approximate surface area is 125 Å². The minimum absolute atomic E-state index is 0.295. The predicted molar refractivity (Wildman–Crippen MR) is 83.3 cm³/mol. The number of carbonyl (C=O) groups excluding carboxylic acids is 1. The molecule has 0 saturated carbocycles. The Balaban J connectivity index is 2.34. The van der Waals surface area contributed by atoms with Crippen molar-refractivity contribution in [3.05, 3.63) is 47.7 Å². The molecule has 0 aliphatic carbocycles. The van der Waals surface area contributed by atoms with E-state index in [1.165, 1.54) is 0 Å². The van der Waals surface area contributed by atoms with Gasteiger partial charge in [0.25, 0.3) is 0 Å². The molecule has 0 amide bonds. The third-order valence-electron chi connectivity index (χ3n) is 3.43. The van der Waals surface area contributed by atoms with Gasteiger partial charge in [0.15, 0.2) is 0 Å². The molecule has 0 atom stereocenters. The van der Waals surface area contributed by atoms with Crippen LogP contribution in [0.15, 0.2) is 41.0 Å². The topological polar surface area (TPSA) is 39.4 Å². The highest BCUT2D eigenvalue weighted by atomic mass is 16.5. The summed E-state index contributed by atoms with van der Waals surface area (Å²) >= 11 is 0. The zero-order valence-corrected chi connectivity index (χ0v) is 12.7. The molecule has 112 valence electrons. The standard InChI is InChI=1S/C18H22O3/c1-3-5-7-12-15-13-21-17(14-10-8-6-9-11-14)16(15)18(19)20-4-2/h6,8-11,13H,3-5,7,12H2,1-2H3. The van der Waals surface area contributed by atoms with E-state index >= 15 is 0 Å². The maximum absolute atomic E-state index is 12.3. The maximum Gasteiger partial charge on any atom is 0.342 e. The molecule has 0 aliphatic rings. The largest absolute Gasteiger partial charge is 0.463 e. The summed E-state index contributed by atoms with van der Waals surface area (Å²) in [6.45, 7) is 4.35. The molecule has 0 spiro atoms. The molecule has 1 heterocycles. The summed E-state index contributed by atoms with van der Waals surface area (Å²) in [5.74, 6) is 0.317. The van der Waals surface area contributed by atoms with E-state index in [1.54, 1.807) is 6.26 Å². The van der Waals surface area contributed by atoms with Gasteiger partial charge in [0.2, 0.25) is 0 Å². The fourth-order valence-electron chi connectivity index (χ4n) is 2.37. The van der Waals surface area contributed by atoms with Gasteiger partial charge in [0.1, 0.15) is 11.3 Å². The second-order valence-electron chi connectivity index (χ2n) is 5.01. The number of ether oxygens (including phenoxy) is 1. The van der Waals surface area contributed by atoms with Gasteiger partial charge < -0.3 is 9.15 Å². The second-order valence-corrected chi connectivity index (χ2v) is 5.01. The minimum Gasteiger partial charge on any atom is -0.463 e. The third kappa shape index (κ3) is 3.75. The first-order valence-corrected chi connectivity index (χ1v) is 7.60. The number of hydrogen-bond donors (Lipinski definition) is 0. The summed E-state index contributed by atoms with van der Waals surface area (Å²) < 4.78 is 10.9. The fourth-order valence-corrected chi connectivity index (χ4v) is 2.37. The molecule has 0 bridgehead atoms. The maximum atomic E-state index is 12.3. The molecule has 2 aromatic rings. The van der Waals surface area contributed by atoms with Crippen LogP contribution in [0, 0.1) is 0 Å². The van der Waals surface area contributed by atoms with Gasteiger partial charge in [0.05, 0.1) is 12.9 Å². The molecule has 2 rings (SSSR count). The van der Waals surface area contributed by atoms with Crippen LogP contribution in [0.25, 0.3) is 11.3 Å². The first kappa shape index (κ1) is 15.4. The Hall–Kier alpha value is -2.03. The monoisotopic (exact) mass is 286 g/mol. The normalized spacial score (nSPS) is 10.6. The van der Waals surface area contributed by atoms with Crippen LogP contribution in [-0.4, -0.2) is 12.6 Å². The van der Waals surface area contributed by atoms with Gasteiger partial charge in [-0.1, -0.05) is 50.1 Å². The van der Waals surface area contributed by atoms with Gasteiger partial charge in [-0.15, -0.1) is 0 Å². The Morgan fingerprint density at radius 2 is 1.90 bits per heavy atom. The fraction of sp³-hybridized carbons (Fsp3) is 0.389. The van der Waals surface area contributed by atoms with Crippen molar-refractivity contribution in [2.24, 2.45) is 0 Å². The summed E-state index contributed by atoms with van der Waals surface area (Å²) in [4.78, 5) is 12.3. The highest BCUT2D eigenvalue weighted by molar-refractivity contribution is 5.97. The van der Waals surface area contributed by atoms with Crippen LogP contribution in [0.1, 0.15) is 49.0 Å². The molecular weight excluding hydrogens is 264 g/mol. The average molecular weight is 286 g/mol. The number of benzene rings is 1. The van der Waals surface area contributed by atoms with Gasteiger partial charge in [-0.2, -0.15) is 0 Å². The molecular formula is C18H22O3. The molecule has 0 unspecified atom stereocenters. The minimum atomic E-state index is -0.295. The molecule has 1 aromatic heterocycles. The molecule has 0 aliphatic heterocycles. The van der Waals surface area contributed by atoms with Crippen molar-refractivity contribution in [1.82, 2.24) is 0 Å². The van der Waals surface area contributed by atoms with Crippen LogP contribution >= 0.6 is 0 Å². The second kappa shape index (κ2) is 7.67. The number of unbranched alkanes of at least 4 members (excludes halogenated alkanes) is 2. The summed E-state index contributed by atoms with van der Waals surface area (Å²) in [5.41, 5.74) is 2.43. The Kier molecular flexibility index (Phi) is 5.61. The lowest BCUT2D eigenvalue weighted by atomic mass is 10.0. The number of rotatable bonds is 7. The molecule has 1 aromatic carbocycles. The summed E-state index contributed by atoms with van der Waals surface area (Å²) in [6.07, 6.45) is 5.89. The number of carbonyl (C=O) groups is 1. The SMILES string of the molecule is CCCCCc1coc(-c2ccccc2)c1C(=O)OCC. The zero-order valence-electron chi connectivity index (χ0n) is 12.7.